The number of primary amides is 1. The number of benzene rings is 2. The lowest BCUT2D eigenvalue weighted by atomic mass is 9.98. The van der Waals surface area contributed by atoms with E-state index in [9.17, 15) is 13.2 Å². The maximum atomic E-state index is 13.4. The van der Waals surface area contributed by atoms with E-state index in [0.717, 1.165) is 0 Å². The fraction of sp³-hybridized carbons (Fsp3) is 0.105. The Bertz CT molecular complexity index is 1090. The summed E-state index contributed by atoms with van der Waals surface area (Å²) in [6.07, 6.45) is 0. The highest BCUT2D eigenvalue weighted by Gasteiger charge is 2.52. The van der Waals surface area contributed by atoms with Gasteiger partial charge in [-0.15, -0.1) is 0 Å². The minimum Gasteiger partial charge on any atom is -0.443 e. The molecule has 2 heterocycles. The molecule has 1 aliphatic rings. The van der Waals surface area contributed by atoms with E-state index in [4.69, 9.17) is 15.9 Å². The molecule has 2 aromatic carbocycles. The number of rotatable bonds is 3. The van der Waals surface area contributed by atoms with E-state index < -0.39 is 26.2 Å². The topological polar surface area (TPSA) is 116 Å². The molecule has 1 amide bonds. The quantitative estimate of drug-likeness (QED) is 0.737. The molecule has 0 spiro atoms. The molecule has 0 unspecified atom stereocenters. The number of anilines is 1. The van der Waals surface area contributed by atoms with Crippen LogP contribution in [0.15, 0.2) is 65.1 Å². The molecule has 1 aliphatic heterocycles. The summed E-state index contributed by atoms with van der Waals surface area (Å²) >= 11 is 0. The number of amides is 1. The maximum Gasteiger partial charge on any atom is 0.254 e. The molecule has 0 saturated carbocycles. The van der Waals surface area contributed by atoms with E-state index in [0.29, 0.717) is 11.1 Å². The minimum atomic E-state index is -3.78. The summed E-state index contributed by atoms with van der Waals surface area (Å²) in [5.74, 6) is -0.798. The fourth-order valence-corrected chi connectivity index (χ4v) is 5.97. The number of hydrogen-bond donors (Lipinski definition) is 2. The summed E-state index contributed by atoms with van der Waals surface area (Å²) < 4.78 is 32.5. The number of carbonyl (C=O) groups is 1. The van der Waals surface area contributed by atoms with Gasteiger partial charge in [0.25, 0.3) is 5.91 Å². The van der Waals surface area contributed by atoms with Crippen LogP contribution in [0.5, 0.6) is 0 Å². The minimum absolute atomic E-state index is 0.0594. The van der Waals surface area contributed by atoms with Crippen molar-refractivity contribution in [3.63, 3.8) is 0 Å². The van der Waals surface area contributed by atoms with Gasteiger partial charge in [-0.3, -0.25) is 4.79 Å². The van der Waals surface area contributed by atoms with Crippen molar-refractivity contribution < 1.29 is 17.6 Å². The van der Waals surface area contributed by atoms with Gasteiger partial charge in [-0.25, -0.2) is 8.42 Å². The highest BCUT2D eigenvalue weighted by molar-refractivity contribution is 7.92. The van der Waals surface area contributed by atoms with Crippen molar-refractivity contribution in [2.45, 2.75) is 10.5 Å². The molecule has 26 heavy (non-hydrogen) atoms. The molecule has 132 valence electrons. The summed E-state index contributed by atoms with van der Waals surface area (Å²) in [5, 5.41) is -2.10. The van der Waals surface area contributed by atoms with Gasteiger partial charge in [0.05, 0.1) is 0 Å². The van der Waals surface area contributed by atoms with Crippen LogP contribution in [0.4, 0.5) is 5.88 Å². The highest BCUT2D eigenvalue weighted by atomic mass is 32.2. The summed E-state index contributed by atoms with van der Waals surface area (Å²) in [7, 11) is -3.78. The lowest BCUT2D eigenvalue weighted by molar-refractivity contribution is 0.1000. The van der Waals surface area contributed by atoms with Crippen molar-refractivity contribution in [1.82, 2.24) is 0 Å². The number of nitrogen functional groups attached to an aromatic ring is 1. The van der Waals surface area contributed by atoms with Crippen LogP contribution in [0.25, 0.3) is 0 Å². The zero-order valence-electron chi connectivity index (χ0n) is 13.6. The SMILES string of the molecule is NC(=O)c1c(N)oc2c1[C@@H](c1ccccc1)S(=O)(=O)[C@@H]2c1ccccc1. The monoisotopic (exact) mass is 368 g/mol. The second-order valence-electron chi connectivity index (χ2n) is 6.15. The molecule has 0 radical (unpaired) electrons. The molecule has 7 heteroatoms. The smallest absolute Gasteiger partial charge is 0.254 e. The maximum absolute atomic E-state index is 13.4. The number of nitrogens with two attached hydrogens (primary N) is 2. The second-order valence-corrected chi connectivity index (χ2v) is 8.27. The average Bonchev–Trinajstić information content (AvgIpc) is 3.03. The normalized spacial score (nSPS) is 20.6. The number of fused-ring (bicyclic) bond motifs is 1. The first-order chi connectivity index (χ1) is 12.4. The number of carbonyl (C=O) groups excluding carboxylic acids is 1. The Labute approximate surface area is 150 Å². The van der Waals surface area contributed by atoms with Crippen LogP contribution in [-0.4, -0.2) is 14.3 Å². The van der Waals surface area contributed by atoms with Crippen LogP contribution in [0.1, 0.15) is 43.3 Å². The van der Waals surface area contributed by atoms with E-state index in [1.807, 2.05) is 0 Å². The standard InChI is InChI=1S/C19H16N2O4S/c20-18(22)14-13-15(25-19(14)21)17(12-9-5-2-6-10-12)26(23,24)16(13)11-7-3-1-4-8-11/h1-10,16-17H,21H2,(H2,20,22)/t16-,17-/m1/s1. The van der Waals surface area contributed by atoms with Crippen LogP contribution < -0.4 is 11.5 Å². The van der Waals surface area contributed by atoms with Crippen LogP contribution in [0, 0.1) is 0 Å². The first-order valence-corrected chi connectivity index (χ1v) is 9.58. The van der Waals surface area contributed by atoms with Gasteiger partial charge in [0.15, 0.2) is 9.84 Å². The Morgan fingerprint density at radius 3 is 1.88 bits per heavy atom. The van der Waals surface area contributed by atoms with Gasteiger partial charge < -0.3 is 15.9 Å². The Morgan fingerprint density at radius 1 is 0.885 bits per heavy atom. The first kappa shape index (κ1) is 16.4. The molecule has 0 saturated heterocycles. The van der Waals surface area contributed by atoms with Crippen molar-refractivity contribution in [3.8, 4) is 0 Å². The third kappa shape index (κ3) is 2.24. The molecule has 1 aromatic heterocycles. The zero-order chi connectivity index (χ0) is 18.5. The predicted molar refractivity (Wildman–Crippen MR) is 97.1 cm³/mol. The highest BCUT2D eigenvalue weighted by Crippen LogP contribution is 2.54. The third-order valence-corrected chi connectivity index (χ3v) is 6.92. The fourth-order valence-electron chi connectivity index (χ4n) is 3.59. The molecule has 6 nitrogen and oxygen atoms in total. The largest absolute Gasteiger partial charge is 0.443 e. The molecule has 4 rings (SSSR count). The Morgan fingerprint density at radius 2 is 1.38 bits per heavy atom. The van der Waals surface area contributed by atoms with Gasteiger partial charge in [-0.2, -0.15) is 0 Å². The first-order valence-electron chi connectivity index (χ1n) is 7.97. The van der Waals surface area contributed by atoms with Gasteiger partial charge in [-0.1, -0.05) is 60.7 Å². The molecule has 0 fully saturated rings. The van der Waals surface area contributed by atoms with E-state index in [2.05, 4.69) is 0 Å². The molecule has 0 bridgehead atoms. The Kier molecular flexibility index (Phi) is 3.62. The van der Waals surface area contributed by atoms with Gasteiger partial charge in [0.2, 0.25) is 5.88 Å². The summed E-state index contributed by atoms with van der Waals surface area (Å²) in [6, 6.07) is 17.4. The zero-order valence-corrected chi connectivity index (χ0v) is 14.4. The number of furan rings is 1. The molecule has 0 aliphatic carbocycles. The molecule has 4 N–H and O–H groups in total. The van der Waals surface area contributed by atoms with Crippen molar-refractivity contribution in [2.75, 3.05) is 5.73 Å². The molecular formula is C19H16N2O4S. The van der Waals surface area contributed by atoms with Gasteiger partial charge in [0.1, 0.15) is 21.8 Å². The van der Waals surface area contributed by atoms with Crippen LogP contribution in [0.2, 0.25) is 0 Å². The average molecular weight is 368 g/mol. The van der Waals surface area contributed by atoms with E-state index >= 15 is 0 Å². The summed E-state index contributed by atoms with van der Waals surface area (Å²) in [5.41, 5.74) is 12.6. The van der Waals surface area contributed by atoms with E-state index in [-0.39, 0.29) is 22.8 Å². The molecule has 3 aromatic rings. The third-order valence-electron chi connectivity index (χ3n) is 4.61. The van der Waals surface area contributed by atoms with Crippen molar-refractivity contribution >= 4 is 21.6 Å². The van der Waals surface area contributed by atoms with Crippen LogP contribution in [0.3, 0.4) is 0 Å². The second kappa shape index (κ2) is 5.74. The Balaban J connectivity index is 2.05. The van der Waals surface area contributed by atoms with Crippen LogP contribution in [-0.2, 0) is 9.84 Å². The molecule has 2 atom stereocenters. The van der Waals surface area contributed by atoms with E-state index in [1.54, 1.807) is 60.7 Å². The lowest BCUT2D eigenvalue weighted by Crippen LogP contribution is -2.19. The van der Waals surface area contributed by atoms with Gasteiger partial charge in [0, 0.05) is 5.56 Å². The lowest BCUT2D eigenvalue weighted by Gasteiger charge is -2.16. The van der Waals surface area contributed by atoms with Gasteiger partial charge in [-0.05, 0) is 11.1 Å². The van der Waals surface area contributed by atoms with Gasteiger partial charge >= 0.3 is 0 Å². The Hall–Kier alpha value is -3.06. The predicted octanol–water partition coefficient (Wildman–Crippen LogP) is 2.57. The summed E-state index contributed by atoms with van der Waals surface area (Å²) in [6.45, 7) is 0. The van der Waals surface area contributed by atoms with Crippen molar-refractivity contribution in [3.05, 3.63) is 88.7 Å². The van der Waals surface area contributed by atoms with Crippen molar-refractivity contribution in [2.24, 2.45) is 5.73 Å². The van der Waals surface area contributed by atoms with E-state index in [1.165, 1.54) is 0 Å². The molecular weight excluding hydrogens is 352 g/mol. The number of hydrogen-bond acceptors (Lipinski definition) is 5. The van der Waals surface area contributed by atoms with Crippen LogP contribution >= 0.6 is 0 Å². The summed E-state index contributed by atoms with van der Waals surface area (Å²) in [4.78, 5) is 12.0. The number of sulfone groups is 1. The van der Waals surface area contributed by atoms with Crippen molar-refractivity contribution in [1.29, 1.82) is 0 Å².